The third kappa shape index (κ3) is 20.6. The number of ketones is 3. The van der Waals surface area contributed by atoms with Gasteiger partial charge < -0.3 is 24.9 Å². The lowest BCUT2D eigenvalue weighted by Crippen LogP contribution is -2.42. The summed E-state index contributed by atoms with van der Waals surface area (Å²) in [6.45, 7) is 45.4. The molecular weight excluding hydrogens is 1370 g/mol. The molecule has 0 bridgehead atoms. The van der Waals surface area contributed by atoms with Crippen molar-refractivity contribution >= 4 is 151 Å². The monoisotopic (exact) mass is 1480 g/mol. The predicted molar refractivity (Wildman–Crippen MR) is 429 cm³/mol. The van der Waals surface area contributed by atoms with Gasteiger partial charge in [0.2, 0.25) is 11.0 Å². The second kappa shape index (κ2) is 38.5. The number of carboxylic acid groups (broad SMARTS) is 1. The van der Waals surface area contributed by atoms with Crippen molar-refractivity contribution in [2.75, 3.05) is 9.80 Å². The highest BCUT2D eigenvalue weighted by atomic mass is 32.2. The maximum absolute atomic E-state index is 13.7. The number of amides is 1. The maximum atomic E-state index is 13.7. The molecule has 1 N–H and O–H groups in total. The number of hydrogen-bond donors (Lipinski definition) is 1. The third-order valence-corrected chi connectivity index (χ3v) is 25.9. The number of hydrogen-bond acceptors (Lipinski definition) is 16. The number of nitrogens with zero attached hydrogens (tertiary/aromatic N) is 4. The number of carbonyl (C=O) groups excluding carboxylic acids is 4. The van der Waals surface area contributed by atoms with Crippen LogP contribution < -0.4 is 24.0 Å². The number of Topliss-reactive ketones (excluding diaryl/α,β-unsaturated/α-hetero) is 3. The number of carboxylic acids is 1. The van der Waals surface area contributed by atoms with E-state index in [1.54, 1.807) is 45.8 Å². The van der Waals surface area contributed by atoms with Crippen LogP contribution in [0.15, 0.2) is 88.6 Å². The molecular formula is C79H108N4O7S8. The summed E-state index contributed by atoms with van der Waals surface area (Å²) in [7, 11) is 0. The summed E-state index contributed by atoms with van der Waals surface area (Å²) in [6.07, 6.45) is 9.52. The molecule has 1 aliphatic heterocycles. The van der Waals surface area contributed by atoms with E-state index in [1.807, 2.05) is 92.0 Å². The smallest absolute Gasteiger partial charge is 0.303 e. The van der Waals surface area contributed by atoms with E-state index in [0.717, 1.165) is 57.5 Å². The lowest BCUT2D eigenvalue weighted by Gasteiger charge is -2.31. The Morgan fingerprint density at radius 1 is 0.490 bits per heavy atom. The van der Waals surface area contributed by atoms with Gasteiger partial charge in [-0.25, -0.2) is 4.58 Å². The molecule has 11 nitrogen and oxygen atoms in total. The number of allylic oxidation sites excluding steroid dienone is 2. The molecule has 0 aromatic carbocycles. The topological polar surface area (TPSA) is 141 Å². The maximum Gasteiger partial charge on any atom is 0.303 e. The van der Waals surface area contributed by atoms with Crippen molar-refractivity contribution in [1.82, 2.24) is 4.90 Å². The van der Waals surface area contributed by atoms with Gasteiger partial charge >= 0.3 is 5.97 Å². The van der Waals surface area contributed by atoms with Crippen LogP contribution in [0.3, 0.4) is 0 Å². The van der Waals surface area contributed by atoms with Crippen LogP contribution in [0.5, 0.6) is 0 Å². The Balaban J connectivity index is 0.000000266. The van der Waals surface area contributed by atoms with E-state index >= 15 is 0 Å². The largest absolute Gasteiger partial charge is 0.871 e. The first-order chi connectivity index (χ1) is 45.9. The quantitative estimate of drug-likeness (QED) is 0.0411. The number of carbonyl (C=O) groups is 5. The normalized spacial score (nSPS) is 13.9. The Labute approximate surface area is 618 Å². The Hall–Kier alpha value is -5.51. The summed E-state index contributed by atoms with van der Waals surface area (Å²) in [5, 5.41) is 32.0. The first kappa shape index (κ1) is 83.2. The molecule has 0 unspecified atom stereocenters. The van der Waals surface area contributed by atoms with Crippen LogP contribution in [0.25, 0.3) is 35.6 Å². The van der Waals surface area contributed by atoms with Gasteiger partial charge in [0, 0.05) is 111 Å². The van der Waals surface area contributed by atoms with Gasteiger partial charge in [-0.3, -0.25) is 24.0 Å². The van der Waals surface area contributed by atoms with Crippen LogP contribution in [0.1, 0.15) is 231 Å². The van der Waals surface area contributed by atoms with E-state index in [9.17, 15) is 29.1 Å². The van der Waals surface area contributed by atoms with Gasteiger partial charge in [0.15, 0.2) is 17.3 Å². The summed E-state index contributed by atoms with van der Waals surface area (Å²) < 4.78 is 4.41. The minimum Gasteiger partial charge on any atom is -0.871 e. The van der Waals surface area contributed by atoms with E-state index in [1.165, 1.54) is 83.4 Å². The minimum absolute atomic E-state index is 0. The van der Waals surface area contributed by atoms with Crippen LogP contribution in [0, 0.1) is 0 Å². The van der Waals surface area contributed by atoms with Gasteiger partial charge in [-0.05, 0) is 259 Å². The van der Waals surface area contributed by atoms with Crippen LogP contribution in [-0.2, 0) is 46.5 Å². The van der Waals surface area contributed by atoms with Crippen LogP contribution >= 0.6 is 91.1 Å². The Bertz CT molecular complexity index is 4010. The lowest BCUT2D eigenvalue weighted by atomic mass is 9.87. The first-order valence-corrected chi connectivity index (χ1v) is 41.2. The fourth-order valence-electron chi connectivity index (χ4n) is 12.5. The molecule has 0 spiro atoms. The van der Waals surface area contributed by atoms with E-state index in [4.69, 9.17) is 5.11 Å². The van der Waals surface area contributed by atoms with E-state index in [2.05, 4.69) is 178 Å². The molecule has 0 atom stereocenters. The molecule has 0 saturated heterocycles. The summed E-state index contributed by atoms with van der Waals surface area (Å²) in [5.41, 5.74) is 6.67. The highest BCUT2D eigenvalue weighted by molar-refractivity contribution is 8.22. The second-order valence-corrected chi connectivity index (χ2v) is 34.4. The number of anilines is 2. The molecule has 9 rings (SSSR count). The van der Waals surface area contributed by atoms with Gasteiger partial charge in [0.25, 0.3) is 0 Å². The molecule has 7 aromatic heterocycles. The molecule has 0 saturated carbocycles. The van der Waals surface area contributed by atoms with Crippen molar-refractivity contribution in [3.05, 3.63) is 140 Å². The molecule has 8 heterocycles. The van der Waals surface area contributed by atoms with E-state index in [-0.39, 0.29) is 61.4 Å². The predicted octanol–water partition coefficient (Wildman–Crippen LogP) is 20.0. The highest BCUT2D eigenvalue weighted by Crippen LogP contribution is 2.46. The summed E-state index contributed by atoms with van der Waals surface area (Å²) in [5.74, 6) is -1.05. The van der Waals surface area contributed by atoms with Crippen LogP contribution in [0.2, 0.25) is 0 Å². The van der Waals surface area contributed by atoms with Crippen molar-refractivity contribution < 1.29 is 38.8 Å². The van der Waals surface area contributed by atoms with Gasteiger partial charge in [-0.2, -0.15) is 0 Å². The summed E-state index contributed by atoms with van der Waals surface area (Å²) in [6, 6.07) is 22.3. The Kier molecular flexibility index (Phi) is 32.7. The van der Waals surface area contributed by atoms with Crippen molar-refractivity contribution in [2.45, 2.75) is 259 Å². The summed E-state index contributed by atoms with van der Waals surface area (Å²) in [4.78, 5) is 75.4. The minimum atomic E-state index is -0.923. The Morgan fingerprint density at radius 2 is 0.949 bits per heavy atom. The summed E-state index contributed by atoms with van der Waals surface area (Å²) >= 11 is 13.4. The average molecular weight is 1480 g/mol. The molecule has 1 amide bonds. The highest BCUT2D eigenvalue weighted by Gasteiger charge is 2.33. The zero-order chi connectivity index (χ0) is 71.9. The van der Waals surface area contributed by atoms with Gasteiger partial charge in [0.1, 0.15) is 12.1 Å². The fourth-order valence-corrected chi connectivity index (χ4v) is 22.3. The third-order valence-electron chi connectivity index (χ3n) is 16.8. The lowest BCUT2D eigenvalue weighted by molar-refractivity contribution is -0.584. The molecule has 98 heavy (non-hydrogen) atoms. The SMILES string of the molecule is C.CCc1cc(C2=C([O-])C(=c3cc(CC)/c(=C4/C=CC(=[N+](C(C)C)C(C)C)S4)s3)C2=O)sc1-c1ccc(N(C(C)C)C(C)C)s1.CCc1ccsc1-c1ccc(N(C(C)C)C(C)C)s1.CCc1ccsc1C(=O)CCC(=O)N(C(C)C)C(C)C.CCc1ccsc1C(=O)CCC(=O)O. The molecule has 1 aliphatic carbocycles. The van der Waals surface area contributed by atoms with Gasteiger partial charge in [-0.1, -0.05) is 47.8 Å². The van der Waals surface area contributed by atoms with Crippen LogP contribution in [0.4, 0.5) is 10.0 Å². The van der Waals surface area contributed by atoms with Crippen molar-refractivity contribution in [2.24, 2.45) is 0 Å². The van der Waals surface area contributed by atoms with E-state index < -0.39 is 5.97 Å². The zero-order valence-corrected chi connectivity index (χ0v) is 67.5. The van der Waals surface area contributed by atoms with Crippen molar-refractivity contribution in [3.63, 3.8) is 0 Å². The standard InChI is InChI=1S/C36H44N2O2S4.C16H25NO2S.C16H23NS2.C10H12O3S.CH4/c1-11-23-17-27(43-35(23)25-13-15-29(41-25)37(19(3)4)20(5)6)31-33(39)32(34(31)40)28-18-24(12-2)36(44-28)26-14-16-30(42-26)38(21(7)8)22(9)10;1-6-13-9-10-20-16(13)14(18)7-8-15(19)17(11(2)3)12(4)5;1-6-13-9-10-18-16(13)14-7-8-15(19-14)17(11(2)3)12(4)5;1-2-7-5-6-14-10(7)8(11)3-4-9(12)13;/h13-22H,11-12H2,1-10H3;9-12H,6-8H2,1-5H3;7-12H,6H2,1-5H3;5-6H,2-4H2,1H3,(H,12,13);1H4. The number of aliphatic carboxylic acids is 1. The molecule has 0 radical (unpaired) electrons. The van der Waals surface area contributed by atoms with Gasteiger partial charge in [0.05, 0.1) is 26.2 Å². The Morgan fingerprint density at radius 3 is 1.39 bits per heavy atom. The number of rotatable bonds is 26. The second-order valence-electron chi connectivity index (χ2n) is 26.4. The van der Waals surface area contributed by atoms with E-state index in [0.29, 0.717) is 65.1 Å². The molecule has 7 aromatic rings. The molecule has 19 heteroatoms. The van der Waals surface area contributed by atoms with Crippen molar-refractivity contribution in [1.29, 1.82) is 0 Å². The fraction of sp³-hybridized carbons (Fsp3) is 0.494. The van der Waals surface area contributed by atoms with Crippen molar-refractivity contribution in [3.8, 4) is 19.5 Å². The van der Waals surface area contributed by atoms with Gasteiger partial charge in [-0.15, -0.1) is 79.4 Å². The van der Waals surface area contributed by atoms with Crippen LogP contribution in [-0.4, -0.2) is 97.2 Å². The average Bonchev–Trinajstić information content (AvgIpc) is 1.47. The number of aryl methyl sites for hydroxylation is 5. The number of thioether (sulfide) groups is 1. The first-order valence-electron chi connectivity index (χ1n) is 34.5. The molecule has 2 aliphatic rings. The molecule has 534 valence electrons. The molecule has 0 fully saturated rings. The number of thiophene rings is 7. The zero-order valence-electron chi connectivity index (χ0n) is 61.0.